The highest BCUT2D eigenvalue weighted by atomic mass is 16.3. The van der Waals surface area contributed by atoms with E-state index in [0.717, 1.165) is 19.3 Å². The zero-order chi connectivity index (χ0) is 31.0. The van der Waals surface area contributed by atoms with E-state index in [0.29, 0.717) is 0 Å². The fourth-order valence-electron chi connectivity index (χ4n) is 3.77. The summed E-state index contributed by atoms with van der Waals surface area (Å²) in [5, 5.41) is 33.0. The summed E-state index contributed by atoms with van der Waals surface area (Å²) < 4.78 is 0. The first-order valence-electron chi connectivity index (χ1n) is 14.6. The molecule has 0 bridgehead atoms. The van der Waals surface area contributed by atoms with Crippen molar-refractivity contribution in [1.82, 2.24) is 5.32 Å². The molecule has 0 aliphatic heterocycles. The monoisotopic (exact) mass is 573 g/mol. The Morgan fingerprint density at radius 3 is 1.90 bits per heavy atom. The number of hydrogen-bond acceptors (Lipinski definition) is 5. The van der Waals surface area contributed by atoms with Gasteiger partial charge in [0.2, 0.25) is 5.91 Å². The zero-order valence-corrected chi connectivity index (χ0v) is 25.1. The van der Waals surface area contributed by atoms with E-state index in [9.17, 15) is 24.9 Å². The molecule has 0 aromatic carbocycles. The molecule has 4 N–H and O–H groups in total. The lowest BCUT2D eigenvalue weighted by Gasteiger charge is -2.25. The molecular weight excluding hydrogens is 526 g/mol. The lowest BCUT2D eigenvalue weighted by molar-refractivity contribution is -0.119. The van der Waals surface area contributed by atoms with Gasteiger partial charge in [-0.3, -0.25) is 9.59 Å². The van der Waals surface area contributed by atoms with Crippen LogP contribution < -0.4 is 5.32 Å². The highest BCUT2D eigenvalue weighted by Gasteiger charge is 2.24. The molecule has 6 heteroatoms. The van der Waals surface area contributed by atoms with Crippen molar-refractivity contribution in [3.05, 3.63) is 133 Å². The molecule has 4 unspecified atom stereocenters. The third-order valence-electron chi connectivity index (χ3n) is 6.36. The molecule has 0 aromatic heterocycles. The van der Waals surface area contributed by atoms with Gasteiger partial charge >= 0.3 is 0 Å². The minimum Gasteiger partial charge on any atom is -0.510 e. The molecule has 0 saturated carbocycles. The maximum absolute atomic E-state index is 11.8. The first kappa shape index (κ1) is 36.0. The molecule has 0 spiro atoms. The van der Waals surface area contributed by atoms with Gasteiger partial charge in [-0.25, -0.2) is 0 Å². The highest BCUT2D eigenvalue weighted by Crippen LogP contribution is 2.19. The molecule has 42 heavy (non-hydrogen) atoms. The minimum atomic E-state index is -0.741. The number of unbranched alkanes of at least 4 members (excludes halogenated alkanes) is 1. The van der Waals surface area contributed by atoms with Crippen molar-refractivity contribution in [2.24, 2.45) is 11.8 Å². The molecule has 4 atom stereocenters. The number of allylic oxidation sites excluding steroid dienone is 19. The van der Waals surface area contributed by atoms with Crippen LogP contribution in [0.1, 0.15) is 52.9 Å². The molecule has 226 valence electrons. The second-order valence-electron chi connectivity index (χ2n) is 9.87. The lowest BCUT2D eigenvalue weighted by Crippen LogP contribution is -2.32. The number of nitrogens with one attached hydrogen (secondary N) is 1. The SMILES string of the molecule is CC/C=C/C=C/C=C/C=C/C=C/C(O)C(C)C(O)C(C)/C=C/CC/C=C/C=C/C=C/C=C/C(=O)NC1=C(O)CCC1=O. The maximum atomic E-state index is 11.8. The largest absolute Gasteiger partial charge is 0.510 e. The van der Waals surface area contributed by atoms with E-state index in [1.54, 1.807) is 30.4 Å². The molecule has 1 aliphatic carbocycles. The Labute approximate surface area is 251 Å². The Hall–Kier alpha value is -4.00. The van der Waals surface area contributed by atoms with Crippen LogP contribution in [0.15, 0.2) is 133 Å². The normalized spacial score (nSPS) is 18.5. The Morgan fingerprint density at radius 1 is 0.762 bits per heavy atom. The van der Waals surface area contributed by atoms with Gasteiger partial charge < -0.3 is 20.6 Å². The number of ketones is 1. The van der Waals surface area contributed by atoms with Crippen LogP contribution in [-0.4, -0.2) is 39.2 Å². The number of carbonyl (C=O) groups excluding carboxylic acids is 2. The fourth-order valence-corrected chi connectivity index (χ4v) is 3.77. The van der Waals surface area contributed by atoms with Gasteiger partial charge in [0, 0.05) is 30.8 Å². The van der Waals surface area contributed by atoms with E-state index in [1.165, 1.54) is 6.08 Å². The van der Waals surface area contributed by atoms with E-state index < -0.39 is 18.1 Å². The number of rotatable bonds is 18. The Bertz CT molecular complexity index is 1160. The molecule has 0 aromatic rings. The molecular formula is C36H47NO5. The van der Waals surface area contributed by atoms with Gasteiger partial charge in [-0.05, 0) is 19.3 Å². The zero-order valence-electron chi connectivity index (χ0n) is 25.1. The molecule has 1 aliphatic rings. The number of aliphatic hydroxyl groups excluding tert-OH is 3. The van der Waals surface area contributed by atoms with Gasteiger partial charge in [0.1, 0.15) is 11.5 Å². The average Bonchev–Trinajstić information content (AvgIpc) is 3.29. The van der Waals surface area contributed by atoms with Crippen molar-refractivity contribution in [2.75, 3.05) is 0 Å². The van der Waals surface area contributed by atoms with E-state index in [2.05, 4.69) is 18.3 Å². The summed E-state index contributed by atoms with van der Waals surface area (Å²) in [4.78, 5) is 23.3. The van der Waals surface area contributed by atoms with Crippen molar-refractivity contribution in [3.8, 4) is 0 Å². The third-order valence-corrected chi connectivity index (χ3v) is 6.36. The van der Waals surface area contributed by atoms with Gasteiger partial charge in [-0.15, -0.1) is 0 Å². The smallest absolute Gasteiger partial charge is 0.248 e. The number of hydrogen-bond donors (Lipinski definition) is 4. The van der Waals surface area contributed by atoms with Crippen LogP contribution in [-0.2, 0) is 9.59 Å². The van der Waals surface area contributed by atoms with Crippen LogP contribution in [0.25, 0.3) is 0 Å². The van der Waals surface area contributed by atoms with Crippen LogP contribution in [0.5, 0.6) is 0 Å². The van der Waals surface area contributed by atoms with Gasteiger partial charge in [0.15, 0.2) is 5.78 Å². The van der Waals surface area contributed by atoms with Crippen LogP contribution in [0.3, 0.4) is 0 Å². The van der Waals surface area contributed by atoms with Crippen LogP contribution >= 0.6 is 0 Å². The van der Waals surface area contributed by atoms with Gasteiger partial charge in [-0.1, -0.05) is 136 Å². The van der Waals surface area contributed by atoms with E-state index in [-0.39, 0.29) is 41.9 Å². The topological polar surface area (TPSA) is 107 Å². The third kappa shape index (κ3) is 16.3. The highest BCUT2D eigenvalue weighted by molar-refractivity contribution is 6.03. The van der Waals surface area contributed by atoms with Crippen LogP contribution in [0, 0.1) is 11.8 Å². The summed E-state index contributed by atoms with van der Waals surface area (Å²) in [6.07, 6.45) is 38.9. The molecule has 0 saturated heterocycles. The first-order valence-corrected chi connectivity index (χ1v) is 14.6. The molecule has 6 nitrogen and oxygen atoms in total. The summed E-state index contributed by atoms with van der Waals surface area (Å²) in [6.45, 7) is 5.88. The lowest BCUT2D eigenvalue weighted by atomic mass is 9.88. The molecule has 1 rings (SSSR count). The summed E-state index contributed by atoms with van der Waals surface area (Å²) in [6, 6.07) is 0. The van der Waals surface area contributed by atoms with Crippen LogP contribution in [0.2, 0.25) is 0 Å². The Balaban J connectivity index is 2.29. The van der Waals surface area contributed by atoms with E-state index in [1.807, 2.05) is 92.8 Å². The maximum Gasteiger partial charge on any atom is 0.248 e. The van der Waals surface area contributed by atoms with Gasteiger partial charge in [-0.2, -0.15) is 0 Å². The predicted molar refractivity (Wildman–Crippen MR) is 173 cm³/mol. The van der Waals surface area contributed by atoms with E-state index >= 15 is 0 Å². The Kier molecular flexibility index (Phi) is 19.4. The number of carbonyl (C=O) groups is 2. The number of aliphatic hydroxyl groups is 3. The summed E-state index contributed by atoms with van der Waals surface area (Å²) in [7, 11) is 0. The van der Waals surface area contributed by atoms with E-state index in [4.69, 9.17) is 0 Å². The van der Waals surface area contributed by atoms with Crippen molar-refractivity contribution in [2.45, 2.75) is 65.1 Å². The molecule has 0 heterocycles. The van der Waals surface area contributed by atoms with Crippen molar-refractivity contribution in [3.63, 3.8) is 0 Å². The quantitative estimate of drug-likeness (QED) is 0.0612. The van der Waals surface area contributed by atoms with Crippen LogP contribution in [0.4, 0.5) is 0 Å². The number of Topliss-reactive ketones (excluding diaryl/α,β-unsaturated/α-hetero) is 1. The molecule has 0 radical (unpaired) electrons. The second kappa shape index (κ2) is 22.7. The minimum absolute atomic E-state index is 0.00655. The fraction of sp³-hybridized carbons (Fsp3) is 0.333. The van der Waals surface area contributed by atoms with Crippen molar-refractivity contribution >= 4 is 11.7 Å². The van der Waals surface area contributed by atoms with Crippen molar-refractivity contribution in [1.29, 1.82) is 0 Å². The first-order chi connectivity index (χ1) is 20.3. The summed E-state index contributed by atoms with van der Waals surface area (Å²) in [5.41, 5.74) is -0.00655. The predicted octanol–water partition coefficient (Wildman–Crippen LogP) is 6.98. The standard InChI is InChI=1S/C36H47NO5/c1-4-5-6-7-8-9-13-16-19-22-25-31(38)30(3)36(42)29(2)24-21-18-15-12-10-11-14-17-20-23-26-34(41)37-35-32(39)27-28-33(35)40/h5-14,16-17,19-26,29-31,36,38-39,42H,4,15,18,27-28H2,1-3H3,(H,37,41)/b6-5+,8-7+,12-10+,13-9+,14-11+,19-16+,20-17+,24-21+,25-22+,26-23+. The summed E-state index contributed by atoms with van der Waals surface area (Å²) in [5.74, 6) is -1.18. The molecule has 0 fully saturated rings. The second-order valence-corrected chi connectivity index (χ2v) is 9.87. The number of amides is 1. The summed E-state index contributed by atoms with van der Waals surface area (Å²) >= 11 is 0. The molecule has 1 amide bonds. The van der Waals surface area contributed by atoms with Gasteiger partial charge in [0.05, 0.1) is 12.2 Å². The van der Waals surface area contributed by atoms with Crippen molar-refractivity contribution < 1.29 is 24.9 Å². The Morgan fingerprint density at radius 2 is 1.31 bits per heavy atom. The average molecular weight is 574 g/mol. The van der Waals surface area contributed by atoms with Gasteiger partial charge in [0.25, 0.3) is 0 Å².